The molecule has 0 spiro atoms. The number of anilines is 1. The smallest absolute Gasteiger partial charge is 0.415 e. The summed E-state index contributed by atoms with van der Waals surface area (Å²) in [5, 5.41) is 30.6. The van der Waals surface area contributed by atoms with E-state index in [-0.39, 0.29) is 23.7 Å². The van der Waals surface area contributed by atoms with E-state index in [2.05, 4.69) is 0 Å². The van der Waals surface area contributed by atoms with Crippen LogP contribution in [0.1, 0.15) is 36.1 Å². The van der Waals surface area contributed by atoms with Crippen molar-refractivity contribution in [3.63, 3.8) is 0 Å². The van der Waals surface area contributed by atoms with Crippen LogP contribution in [0.5, 0.6) is 11.5 Å². The van der Waals surface area contributed by atoms with E-state index in [4.69, 9.17) is 4.74 Å². The summed E-state index contributed by atoms with van der Waals surface area (Å²) in [5.41, 5.74) is 1.59. The number of carbonyl (C=O) groups excluding carboxylic acids is 1. The standard InChI is InChI=1S/C24H22FNO5/c25-16-8-6-15(7-9-16)20(28)12-13-22-23(19-11-10-18(27)14-21(19)29)26(24(30)31-22)17-4-2-1-3-5-17/h1-11,14,20,22-23,27-29H,12-13H2. The van der Waals surface area contributed by atoms with E-state index in [9.17, 15) is 24.5 Å². The first-order valence-electron chi connectivity index (χ1n) is 9.94. The lowest BCUT2D eigenvalue weighted by molar-refractivity contribution is 0.100. The molecule has 0 bridgehead atoms. The molecule has 0 radical (unpaired) electrons. The van der Waals surface area contributed by atoms with Gasteiger partial charge in [-0.2, -0.15) is 0 Å². The van der Waals surface area contributed by atoms with Crippen molar-refractivity contribution in [3.05, 3.63) is 89.7 Å². The number of aliphatic hydroxyl groups excluding tert-OH is 1. The molecule has 3 aromatic carbocycles. The van der Waals surface area contributed by atoms with Crippen molar-refractivity contribution in [2.24, 2.45) is 0 Å². The molecule has 6 nitrogen and oxygen atoms in total. The first-order valence-corrected chi connectivity index (χ1v) is 9.94. The second-order valence-electron chi connectivity index (χ2n) is 7.46. The maximum atomic E-state index is 13.1. The number of aliphatic hydroxyl groups is 1. The van der Waals surface area contributed by atoms with Gasteiger partial charge in [-0.05, 0) is 54.8 Å². The summed E-state index contributed by atoms with van der Waals surface area (Å²) in [5.74, 6) is -0.642. The van der Waals surface area contributed by atoms with Crippen LogP contribution in [0, 0.1) is 5.82 Å². The molecule has 3 unspecified atom stereocenters. The Kier molecular flexibility index (Phi) is 5.77. The minimum absolute atomic E-state index is 0.0963. The van der Waals surface area contributed by atoms with Gasteiger partial charge < -0.3 is 20.1 Å². The molecule has 0 saturated carbocycles. The number of carbonyl (C=O) groups is 1. The number of para-hydroxylation sites is 1. The molecule has 160 valence electrons. The minimum Gasteiger partial charge on any atom is -0.508 e. The monoisotopic (exact) mass is 423 g/mol. The van der Waals surface area contributed by atoms with Gasteiger partial charge >= 0.3 is 6.09 Å². The Morgan fingerprint density at radius 3 is 2.39 bits per heavy atom. The third kappa shape index (κ3) is 4.32. The van der Waals surface area contributed by atoms with Gasteiger partial charge in [-0.25, -0.2) is 9.18 Å². The number of amides is 1. The number of aromatic hydroxyl groups is 2. The zero-order valence-electron chi connectivity index (χ0n) is 16.6. The summed E-state index contributed by atoms with van der Waals surface area (Å²) in [6.07, 6.45) is -1.51. The molecule has 3 N–H and O–H groups in total. The first-order chi connectivity index (χ1) is 14.9. The van der Waals surface area contributed by atoms with Gasteiger partial charge in [-0.15, -0.1) is 0 Å². The van der Waals surface area contributed by atoms with Crippen LogP contribution in [0.15, 0.2) is 72.8 Å². The van der Waals surface area contributed by atoms with E-state index in [1.54, 1.807) is 30.3 Å². The molecule has 31 heavy (non-hydrogen) atoms. The molecule has 1 aliphatic heterocycles. The van der Waals surface area contributed by atoms with E-state index in [0.29, 0.717) is 23.2 Å². The zero-order chi connectivity index (χ0) is 22.0. The third-order valence-corrected chi connectivity index (χ3v) is 5.43. The number of hydrogen-bond donors (Lipinski definition) is 3. The predicted molar refractivity (Wildman–Crippen MR) is 112 cm³/mol. The van der Waals surface area contributed by atoms with Gasteiger partial charge in [0.25, 0.3) is 0 Å². The van der Waals surface area contributed by atoms with Gasteiger partial charge in [-0.1, -0.05) is 30.3 Å². The first kappa shape index (κ1) is 20.7. The highest BCUT2D eigenvalue weighted by atomic mass is 19.1. The maximum absolute atomic E-state index is 13.1. The summed E-state index contributed by atoms with van der Waals surface area (Å²) < 4.78 is 18.8. The Morgan fingerprint density at radius 2 is 1.71 bits per heavy atom. The van der Waals surface area contributed by atoms with Gasteiger partial charge in [0.1, 0.15) is 29.5 Å². The van der Waals surface area contributed by atoms with Gasteiger partial charge in [-0.3, -0.25) is 4.90 Å². The van der Waals surface area contributed by atoms with Gasteiger partial charge in [0, 0.05) is 17.3 Å². The van der Waals surface area contributed by atoms with Gasteiger partial charge in [0.05, 0.1) is 6.10 Å². The number of benzene rings is 3. The number of phenolic OH excluding ortho intramolecular Hbond substituents is 2. The van der Waals surface area contributed by atoms with Crippen molar-refractivity contribution in [2.45, 2.75) is 31.1 Å². The largest absolute Gasteiger partial charge is 0.508 e. The molecular formula is C24H22FNO5. The van der Waals surface area contributed by atoms with Crippen LogP contribution in [-0.2, 0) is 4.74 Å². The topological polar surface area (TPSA) is 90.2 Å². The summed E-state index contributed by atoms with van der Waals surface area (Å²) in [4.78, 5) is 14.2. The Morgan fingerprint density at radius 1 is 1.00 bits per heavy atom. The Labute approximate surface area is 178 Å². The lowest BCUT2D eigenvalue weighted by Crippen LogP contribution is -2.29. The van der Waals surface area contributed by atoms with Crippen LogP contribution in [0.3, 0.4) is 0 Å². The Bertz CT molecular complexity index is 1060. The summed E-state index contributed by atoms with van der Waals surface area (Å²) >= 11 is 0. The number of ether oxygens (including phenoxy) is 1. The van der Waals surface area contributed by atoms with Crippen LogP contribution in [0.4, 0.5) is 14.9 Å². The van der Waals surface area contributed by atoms with E-state index in [1.807, 2.05) is 6.07 Å². The highest BCUT2D eigenvalue weighted by Gasteiger charge is 2.44. The highest BCUT2D eigenvalue weighted by molar-refractivity contribution is 5.91. The van der Waals surface area contributed by atoms with Gasteiger partial charge in [0.2, 0.25) is 0 Å². The molecule has 1 fully saturated rings. The van der Waals surface area contributed by atoms with E-state index >= 15 is 0 Å². The third-order valence-electron chi connectivity index (χ3n) is 5.43. The van der Waals surface area contributed by atoms with Crippen molar-refractivity contribution in [3.8, 4) is 11.5 Å². The molecule has 4 rings (SSSR count). The van der Waals surface area contributed by atoms with Crippen molar-refractivity contribution < 1.29 is 29.2 Å². The summed E-state index contributed by atoms with van der Waals surface area (Å²) in [6.45, 7) is 0. The predicted octanol–water partition coefficient (Wildman–Crippen LogP) is 4.82. The summed E-state index contributed by atoms with van der Waals surface area (Å²) in [6, 6.07) is 18.1. The lowest BCUT2D eigenvalue weighted by Gasteiger charge is -2.26. The second-order valence-corrected chi connectivity index (χ2v) is 7.46. The fourth-order valence-corrected chi connectivity index (χ4v) is 3.90. The average molecular weight is 423 g/mol. The lowest BCUT2D eigenvalue weighted by atomic mass is 9.94. The minimum atomic E-state index is -0.862. The number of rotatable bonds is 6. The number of nitrogens with zero attached hydrogens (tertiary/aromatic N) is 1. The van der Waals surface area contributed by atoms with Crippen LogP contribution < -0.4 is 4.90 Å². The van der Waals surface area contributed by atoms with E-state index in [0.717, 1.165) is 0 Å². The van der Waals surface area contributed by atoms with E-state index < -0.39 is 24.3 Å². The van der Waals surface area contributed by atoms with Crippen LogP contribution in [0.2, 0.25) is 0 Å². The number of cyclic esters (lactones) is 1. The quantitative estimate of drug-likeness (QED) is 0.529. The molecule has 7 heteroatoms. The molecule has 3 atom stereocenters. The van der Waals surface area contributed by atoms with Crippen molar-refractivity contribution in [1.29, 1.82) is 0 Å². The molecular weight excluding hydrogens is 401 g/mol. The molecule has 1 saturated heterocycles. The fraction of sp³-hybridized carbons (Fsp3) is 0.208. The summed E-state index contributed by atoms with van der Waals surface area (Å²) in [7, 11) is 0. The van der Waals surface area contributed by atoms with Gasteiger partial charge in [0.15, 0.2) is 0 Å². The molecule has 1 heterocycles. The highest BCUT2D eigenvalue weighted by Crippen LogP contribution is 2.43. The van der Waals surface area contributed by atoms with Crippen molar-refractivity contribution in [1.82, 2.24) is 0 Å². The zero-order valence-corrected chi connectivity index (χ0v) is 16.6. The average Bonchev–Trinajstić information content (AvgIpc) is 3.09. The molecule has 0 aromatic heterocycles. The fourth-order valence-electron chi connectivity index (χ4n) is 3.90. The Balaban J connectivity index is 1.62. The normalized spacial score (nSPS) is 19.3. The van der Waals surface area contributed by atoms with Crippen LogP contribution >= 0.6 is 0 Å². The van der Waals surface area contributed by atoms with Crippen molar-refractivity contribution >= 4 is 11.8 Å². The molecule has 1 amide bonds. The molecule has 3 aromatic rings. The van der Waals surface area contributed by atoms with Crippen LogP contribution in [-0.4, -0.2) is 27.5 Å². The van der Waals surface area contributed by atoms with Crippen LogP contribution in [0.25, 0.3) is 0 Å². The number of phenols is 2. The Hall–Kier alpha value is -3.58. The van der Waals surface area contributed by atoms with Crippen molar-refractivity contribution in [2.75, 3.05) is 4.90 Å². The second kappa shape index (κ2) is 8.65. The van der Waals surface area contributed by atoms with E-state index in [1.165, 1.54) is 41.3 Å². The molecule has 0 aliphatic carbocycles. The number of hydrogen-bond acceptors (Lipinski definition) is 5. The SMILES string of the molecule is O=C1OC(CCC(O)c2ccc(F)cc2)C(c2ccc(O)cc2O)N1c1ccccc1. The number of halogens is 1. The molecule has 1 aliphatic rings. The maximum Gasteiger partial charge on any atom is 0.415 e.